The number of alkyl halides is 2. The summed E-state index contributed by atoms with van der Waals surface area (Å²) in [7, 11) is -1.02. The number of halogens is 2. The largest absolute Gasteiger partial charge is 0.432 e. The van der Waals surface area contributed by atoms with Crippen LogP contribution in [-0.2, 0) is 20.6 Å². The van der Waals surface area contributed by atoms with Gasteiger partial charge in [0.05, 0.1) is 23.4 Å². The number of piperidine rings is 3. The van der Waals surface area contributed by atoms with Crippen molar-refractivity contribution in [1.29, 1.82) is 0 Å². The second-order valence-corrected chi connectivity index (χ2v) is 13.3. The lowest BCUT2D eigenvalue weighted by Gasteiger charge is -2.33. The van der Waals surface area contributed by atoms with E-state index in [2.05, 4.69) is 54.6 Å². The van der Waals surface area contributed by atoms with Crippen molar-refractivity contribution in [2.75, 3.05) is 49.1 Å². The van der Waals surface area contributed by atoms with E-state index in [1.54, 1.807) is 0 Å². The molecule has 44 heavy (non-hydrogen) atoms. The minimum Gasteiger partial charge on any atom is -0.432 e. The molecule has 5 rings (SSSR count). The molecule has 3 aliphatic rings. The van der Waals surface area contributed by atoms with E-state index in [1.165, 1.54) is 18.0 Å². The van der Waals surface area contributed by atoms with E-state index in [-0.39, 0.29) is 29.6 Å². The van der Waals surface area contributed by atoms with E-state index < -0.39 is 17.6 Å². The third kappa shape index (κ3) is 8.91. The number of anilines is 2. The number of rotatable bonds is 12. The number of ether oxygens (including phenoxy) is 1. The molecule has 2 aromatic rings. The summed E-state index contributed by atoms with van der Waals surface area (Å²) in [5, 5.41) is 8.92. The predicted octanol–water partition coefficient (Wildman–Crippen LogP) is 3.41. The normalized spacial score (nSPS) is 21.7. The molecule has 0 saturated carbocycles. The van der Waals surface area contributed by atoms with Crippen LogP contribution in [-0.4, -0.2) is 92.4 Å². The van der Waals surface area contributed by atoms with Gasteiger partial charge in [0.1, 0.15) is 6.04 Å². The van der Waals surface area contributed by atoms with Crippen LogP contribution in [0.1, 0.15) is 62.0 Å². The van der Waals surface area contributed by atoms with Crippen LogP contribution in [0.3, 0.4) is 0 Å². The van der Waals surface area contributed by atoms with Gasteiger partial charge in [-0.3, -0.25) is 14.9 Å². The summed E-state index contributed by atoms with van der Waals surface area (Å²) in [5.74, 6) is 0.949. The maximum atomic E-state index is 12.9. The summed E-state index contributed by atoms with van der Waals surface area (Å²) in [4.78, 5) is 34.1. The van der Waals surface area contributed by atoms with E-state index in [1.807, 2.05) is 10.4 Å². The van der Waals surface area contributed by atoms with E-state index in [0.29, 0.717) is 43.6 Å². The average molecular weight is 634 g/mol. The third-order valence-corrected chi connectivity index (χ3v) is 10.2. The van der Waals surface area contributed by atoms with Crippen LogP contribution in [0.25, 0.3) is 0 Å². The minimum atomic E-state index is -2.91. The third-order valence-electron chi connectivity index (χ3n) is 8.60. The molecule has 14 heteroatoms. The first-order chi connectivity index (χ1) is 21.2. The number of benzene rings is 1. The molecule has 3 N–H and O–H groups in total. The molecule has 2 atom stereocenters. The highest BCUT2D eigenvalue weighted by Gasteiger charge is 2.28. The van der Waals surface area contributed by atoms with Crippen molar-refractivity contribution in [3.63, 3.8) is 0 Å². The van der Waals surface area contributed by atoms with Gasteiger partial charge in [-0.1, -0.05) is 12.1 Å². The van der Waals surface area contributed by atoms with Crippen LogP contribution < -0.4 is 20.7 Å². The SMILES string of the molecule is Cc1cc(C2CCN(CCCS(=O)N3CCC(Nc4ncc(OC(F)F)cn4)CC3)CC2)ccc1NC1CCC(=O)NC1=O. The molecule has 3 saturated heterocycles. The average Bonchev–Trinajstić information content (AvgIpc) is 3.01. The fraction of sp³-hybridized carbons (Fsp3) is 0.600. The lowest BCUT2D eigenvalue weighted by atomic mass is 9.88. The fourth-order valence-corrected chi connectivity index (χ4v) is 7.35. The van der Waals surface area contributed by atoms with Crippen LogP contribution >= 0.6 is 0 Å². The lowest BCUT2D eigenvalue weighted by Crippen LogP contribution is -2.47. The first-order valence-corrected chi connectivity index (χ1v) is 16.6. The molecule has 0 radical (unpaired) electrons. The minimum absolute atomic E-state index is 0.0805. The molecule has 3 aliphatic heterocycles. The Labute approximate surface area is 259 Å². The Morgan fingerprint density at radius 1 is 1.05 bits per heavy atom. The van der Waals surface area contributed by atoms with Gasteiger partial charge in [0.2, 0.25) is 17.8 Å². The highest BCUT2D eigenvalue weighted by molar-refractivity contribution is 7.82. The van der Waals surface area contributed by atoms with Gasteiger partial charge in [0, 0.05) is 37.0 Å². The summed E-state index contributed by atoms with van der Waals surface area (Å²) in [6.07, 6.45) is 7.93. The first-order valence-electron chi connectivity index (χ1n) is 15.3. The summed E-state index contributed by atoms with van der Waals surface area (Å²) in [6.45, 7) is 3.53. The Hall–Kier alpha value is -3.23. The van der Waals surface area contributed by atoms with Crippen LogP contribution in [0.15, 0.2) is 30.6 Å². The molecule has 11 nitrogen and oxygen atoms in total. The number of hydrogen-bond donors (Lipinski definition) is 3. The van der Waals surface area contributed by atoms with Gasteiger partial charge in [0.25, 0.3) is 0 Å². The number of aromatic nitrogens is 2. The Bertz CT molecular complexity index is 1300. The van der Waals surface area contributed by atoms with Crippen LogP contribution in [0.4, 0.5) is 20.4 Å². The van der Waals surface area contributed by atoms with Gasteiger partial charge in [0.15, 0.2) is 5.75 Å². The molecule has 0 aliphatic carbocycles. The number of carbonyl (C=O) groups excluding carboxylic acids is 2. The van der Waals surface area contributed by atoms with Crippen LogP contribution in [0.5, 0.6) is 5.75 Å². The molecule has 0 spiro atoms. The standard InChI is InChI=1S/C30H41F2N7O4S/c1-20-17-22(3-4-25(20)36-26-5-6-27(40)37-28(26)41)21-7-12-38(13-8-21)11-2-16-44(42)39-14-9-23(10-15-39)35-30-33-18-24(19-34-30)43-29(31)32/h3-4,17-19,21,23,26,29,36H,2,5-16H2,1H3,(H,33,34,35)(H,37,40,41). The Kier molecular flexibility index (Phi) is 11.1. The maximum Gasteiger partial charge on any atom is 0.387 e. The molecule has 1 aromatic heterocycles. The second kappa shape index (κ2) is 15.2. The van der Waals surface area contributed by atoms with E-state index in [0.717, 1.165) is 63.0 Å². The zero-order chi connectivity index (χ0) is 31.1. The monoisotopic (exact) mass is 633 g/mol. The zero-order valence-electron chi connectivity index (χ0n) is 25.0. The van der Waals surface area contributed by atoms with Crippen molar-refractivity contribution >= 4 is 34.4 Å². The number of carbonyl (C=O) groups is 2. The number of likely N-dealkylation sites (tertiary alicyclic amines) is 1. The summed E-state index contributed by atoms with van der Waals surface area (Å²) in [5.41, 5.74) is 3.35. The van der Waals surface area contributed by atoms with E-state index >= 15 is 0 Å². The van der Waals surface area contributed by atoms with Crippen molar-refractivity contribution < 1.29 is 27.3 Å². The maximum absolute atomic E-state index is 12.9. The molecule has 3 fully saturated rings. The summed E-state index contributed by atoms with van der Waals surface area (Å²) >= 11 is 0. The quantitative estimate of drug-likeness (QED) is 0.301. The van der Waals surface area contributed by atoms with Crippen molar-refractivity contribution in [3.05, 3.63) is 41.7 Å². The first kappa shape index (κ1) is 32.2. The summed E-state index contributed by atoms with van der Waals surface area (Å²) < 4.78 is 43.8. The summed E-state index contributed by atoms with van der Waals surface area (Å²) in [6, 6.07) is 6.16. The molecular weight excluding hydrogens is 592 g/mol. The van der Waals surface area contributed by atoms with Gasteiger partial charge in [-0.15, -0.1) is 0 Å². The van der Waals surface area contributed by atoms with Crippen LogP contribution in [0.2, 0.25) is 0 Å². The number of nitrogens with zero attached hydrogens (tertiary/aromatic N) is 4. The lowest BCUT2D eigenvalue weighted by molar-refractivity contribution is -0.133. The molecule has 0 bridgehead atoms. The van der Waals surface area contributed by atoms with Crippen LogP contribution in [0, 0.1) is 6.92 Å². The smallest absolute Gasteiger partial charge is 0.387 e. The Balaban J connectivity index is 0.974. The molecule has 4 heterocycles. The van der Waals surface area contributed by atoms with Gasteiger partial charge >= 0.3 is 6.61 Å². The number of amides is 2. The molecule has 2 unspecified atom stereocenters. The van der Waals surface area contributed by atoms with Gasteiger partial charge in [-0.05, 0) is 88.2 Å². The van der Waals surface area contributed by atoms with Gasteiger partial charge in [-0.25, -0.2) is 18.5 Å². The Morgan fingerprint density at radius 2 is 1.77 bits per heavy atom. The van der Waals surface area contributed by atoms with Gasteiger partial charge < -0.3 is 20.3 Å². The zero-order valence-corrected chi connectivity index (χ0v) is 25.8. The predicted molar refractivity (Wildman–Crippen MR) is 164 cm³/mol. The molecule has 2 amide bonds. The second-order valence-electron chi connectivity index (χ2n) is 11.7. The van der Waals surface area contributed by atoms with E-state index in [9.17, 15) is 22.6 Å². The van der Waals surface area contributed by atoms with Crippen molar-refractivity contribution in [2.24, 2.45) is 0 Å². The number of nitrogens with one attached hydrogen (secondary N) is 3. The molecule has 240 valence electrons. The molecular formula is C30H41F2N7O4S. The highest BCUT2D eigenvalue weighted by atomic mass is 32.2. The van der Waals surface area contributed by atoms with Crippen molar-refractivity contribution in [2.45, 2.75) is 76.5 Å². The fourth-order valence-electron chi connectivity index (χ4n) is 6.09. The number of hydrogen-bond acceptors (Lipinski definition) is 9. The van der Waals surface area contributed by atoms with Crippen molar-refractivity contribution in [3.8, 4) is 5.75 Å². The number of aryl methyl sites for hydroxylation is 1. The number of imide groups is 1. The van der Waals surface area contributed by atoms with E-state index in [4.69, 9.17) is 0 Å². The van der Waals surface area contributed by atoms with Crippen molar-refractivity contribution in [1.82, 2.24) is 24.5 Å². The molecule has 1 aromatic carbocycles. The highest BCUT2D eigenvalue weighted by Crippen LogP contribution is 2.31. The topological polar surface area (TPSA) is 129 Å². The van der Waals surface area contributed by atoms with Gasteiger partial charge in [-0.2, -0.15) is 8.78 Å². The Morgan fingerprint density at radius 3 is 2.43 bits per heavy atom.